The predicted octanol–water partition coefficient (Wildman–Crippen LogP) is 4.59. The monoisotopic (exact) mass is 367 g/mol. The molecule has 0 bridgehead atoms. The van der Waals surface area contributed by atoms with Gasteiger partial charge in [0, 0.05) is 37.8 Å². The minimum atomic E-state index is -4.43. The minimum absolute atomic E-state index is 0.116. The van der Waals surface area contributed by atoms with Crippen LogP contribution in [-0.2, 0) is 11.8 Å². The van der Waals surface area contributed by atoms with Gasteiger partial charge in [0.2, 0.25) is 0 Å². The molecule has 26 heavy (non-hydrogen) atoms. The van der Waals surface area contributed by atoms with Crippen LogP contribution in [0.1, 0.15) is 24.1 Å². The summed E-state index contributed by atoms with van der Waals surface area (Å²) in [7, 11) is 0. The Labute approximate surface area is 147 Å². The van der Waals surface area contributed by atoms with Crippen LogP contribution in [0.5, 0.6) is 0 Å². The zero-order valence-electron chi connectivity index (χ0n) is 13.8. The van der Waals surface area contributed by atoms with Gasteiger partial charge in [-0.15, -0.1) is 0 Å². The van der Waals surface area contributed by atoms with Crippen molar-refractivity contribution in [1.29, 1.82) is 0 Å². The fourth-order valence-electron chi connectivity index (χ4n) is 2.89. The lowest BCUT2D eigenvalue weighted by atomic mass is 9.90. The summed E-state index contributed by atoms with van der Waals surface area (Å²) in [4.78, 5) is 17.7. The molecular formula is C18H17F4N3O. The van der Waals surface area contributed by atoms with Crippen LogP contribution in [-0.4, -0.2) is 29.0 Å². The SMILES string of the molecule is O=C(Nc1ccc(C(F)(F)F)cc1)N1CCC(F)(c2ccccn2)CC1. The number of piperidine rings is 1. The minimum Gasteiger partial charge on any atom is -0.324 e. The lowest BCUT2D eigenvalue weighted by Crippen LogP contribution is -2.45. The molecule has 0 radical (unpaired) electrons. The summed E-state index contributed by atoms with van der Waals surface area (Å²) < 4.78 is 52.6. The molecule has 1 fully saturated rings. The molecule has 0 spiro atoms. The van der Waals surface area contributed by atoms with Crippen molar-refractivity contribution in [3.63, 3.8) is 0 Å². The number of rotatable bonds is 2. The summed E-state index contributed by atoms with van der Waals surface area (Å²) >= 11 is 0. The Morgan fingerprint density at radius 3 is 2.27 bits per heavy atom. The van der Waals surface area contributed by atoms with Gasteiger partial charge in [-0.3, -0.25) is 4.98 Å². The normalized spacial score (nSPS) is 17.0. The lowest BCUT2D eigenvalue weighted by molar-refractivity contribution is -0.137. The number of hydrogen-bond acceptors (Lipinski definition) is 2. The highest BCUT2D eigenvalue weighted by Gasteiger charge is 2.38. The number of amides is 2. The number of carbonyl (C=O) groups excluding carboxylic acids is 1. The Bertz CT molecular complexity index is 754. The summed E-state index contributed by atoms with van der Waals surface area (Å²) in [5, 5.41) is 2.54. The molecule has 2 aromatic rings. The number of aromatic nitrogens is 1. The van der Waals surface area contributed by atoms with Gasteiger partial charge in [-0.2, -0.15) is 13.2 Å². The number of anilines is 1. The van der Waals surface area contributed by atoms with Gasteiger partial charge in [0.05, 0.1) is 11.3 Å². The quantitative estimate of drug-likeness (QED) is 0.789. The number of nitrogens with zero attached hydrogens (tertiary/aromatic N) is 2. The highest BCUT2D eigenvalue weighted by atomic mass is 19.4. The molecule has 138 valence electrons. The second kappa shape index (κ2) is 6.93. The zero-order chi connectivity index (χ0) is 18.8. The number of urea groups is 1. The van der Waals surface area contributed by atoms with Gasteiger partial charge < -0.3 is 10.2 Å². The molecule has 2 heterocycles. The molecule has 1 aliphatic rings. The van der Waals surface area contributed by atoms with E-state index in [9.17, 15) is 22.4 Å². The maximum atomic E-state index is 15.0. The van der Waals surface area contributed by atoms with Crippen molar-refractivity contribution in [1.82, 2.24) is 9.88 Å². The van der Waals surface area contributed by atoms with E-state index in [1.807, 2.05) is 0 Å². The first-order chi connectivity index (χ1) is 12.3. The number of hydrogen-bond donors (Lipinski definition) is 1. The molecule has 2 amide bonds. The van der Waals surface area contributed by atoms with Crippen molar-refractivity contribution in [3.05, 3.63) is 59.9 Å². The smallest absolute Gasteiger partial charge is 0.324 e. The molecule has 0 atom stereocenters. The van der Waals surface area contributed by atoms with Crippen molar-refractivity contribution < 1.29 is 22.4 Å². The summed E-state index contributed by atoms with van der Waals surface area (Å²) in [5.41, 5.74) is -1.76. The fraction of sp³-hybridized carbons (Fsp3) is 0.333. The van der Waals surface area contributed by atoms with Crippen LogP contribution in [0, 0.1) is 0 Å². The molecule has 3 rings (SSSR count). The summed E-state index contributed by atoms with van der Waals surface area (Å²) in [5.74, 6) is 0. The van der Waals surface area contributed by atoms with E-state index in [0.29, 0.717) is 5.69 Å². The molecule has 1 aromatic heterocycles. The summed E-state index contributed by atoms with van der Waals surface area (Å²) in [6.45, 7) is 0.388. The van der Waals surface area contributed by atoms with E-state index in [2.05, 4.69) is 10.3 Å². The summed E-state index contributed by atoms with van der Waals surface area (Å²) in [6, 6.07) is 8.77. The van der Waals surface area contributed by atoms with Crippen LogP contribution in [0.25, 0.3) is 0 Å². The van der Waals surface area contributed by atoms with Gasteiger partial charge in [0.1, 0.15) is 0 Å². The molecule has 4 nitrogen and oxygen atoms in total. The highest BCUT2D eigenvalue weighted by Crippen LogP contribution is 2.36. The average Bonchev–Trinajstić information content (AvgIpc) is 2.63. The van der Waals surface area contributed by atoms with Gasteiger partial charge in [0.15, 0.2) is 5.67 Å². The molecule has 0 saturated carbocycles. The fourth-order valence-corrected chi connectivity index (χ4v) is 2.89. The molecule has 0 aliphatic carbocycles. The molecule has 1 aliphatic heterocycles. The maximum Gasteiger partial charge on any atom is 0.416 e. The van der Waals surface area contributed by atoms with Crippen LogP contribution >= 0.6 is 0 Å². The first-order valence-corrected chi connectivity index (χ1v) is 8.12. The Kier molecular flexibility index (Phi) is 4.84. The van der Waals surface area contributed by atoms with Crippen LogP contribution in [0.4, 0.5) is 28.0 Å². The molecule has 1 saturated heterocycles. The Balaban J connectivity index is 1.59. The summed E-state index contributed by atoms with van der Waals surface area (Å²) in [6.07, 6.45) is -2.67. The predicted molar refractivity (Wildman–Crippen MR) is 88.3 cm³/mol. The number of pyridine rings is 1. The van der Waals surface area contributed by atoms with E-state index in [0.717, 1.165) is 12.1 Å². The van der Waals surface area contributed by atoms with Crippen LogP contribution in [0.3, 0.4) is 0 Å². The molecule has 8 heteroatoms. The largest absolute Gasteiger partial charge is 0.416 e. The standard InChI is InChI=1S/C18H17F4N3O/c19-17(15-3-1-2-10-23-15)8-11-25(12-9-17)16(26)24-14-6-4-13(5-7-14)18(20,21)22/h1-7,10H,8-9,11-12H2,(H,24,26). The third kappa shape index (κ3) is 3.95. The third-order valence-electron chi connectivity index (χ3n) is 4.43. The van der Waals surface area contributed by atoms with Crippen molar-refractivity contribution in [3.8, 4) is 0 Å². The average molecular weight is 367 g/mol. The van der Waals surface area contributed by atoms with Crippen molar-refractivity contribution >= 4 is 11.7 Å². The second-order valence-corrected chi connectivity index (χ2v) is 6.17. The van der Waals surface area contributed by atoms with E-state index in [1.165, 1.54) is 23.2 Å². The van der Waals surface area contributed by atoms with E-state index >= 15 is 0 Å². The lowest BCUT2D eigenvalue weighted by Gasteiger charge is -2.36. The van der Waals surface area contributed by atoms with Crippen LogP contribution < -0.4 is 5.32 Å². The van der Waals surface area contributed by atoms with E-state index in [-0.39, 0.29) is 31.6 Å². The van der Waals surface area contributed by atoms with Crippen LogP contribution in [0.2, 0.25) is 0 Å². The van der Waals surface area contributed by atoms with Crippen molar-refractivity contribution in [2.24, 2.45) is 0 Å². The highest BCUT2D eigenvalue weighted by molar-refractivity contribution is 5.89. The number of benzene rings is 1. The van der Waals surface area contributed by atoms with Crippen molar-refractivity contribution in [2.75, 3.05) is 18.4 Å². The Morgan fingerprint density at radius 1 is 1.08 bits per heavy atom. The Morgan fingerprint density at radius 2 is 1.73 bits per heavy atom. The van der Waals surface area contributed by atoms with E-state index in [1.54, 1.807) is 18.2 Å². The number of likely N-dealkylation sites (tertiary alicyclic amines) is 1. The van der Waals surface area contributed by atoms with Crippen molar-refractivity contribution in [2.45, 2.75) is 24.7 Å². The Hall–Kier alpha value is -2.64. The van der Waals surface area contributed by atoms with Gasteiger partial charge in [-0.05, 0) is 36.4 Å². The van der Waals surface area contributed by atoms with E-state index < -0.39 is 23.4 Å². The number of halogens is 4. The number of alkyl halides is 4. The number of carbonyl (C=O) groups is 1. The second-order valence-electron chi connectivity index (χ2n) is 6.17. The first-order valence-electron chi connectivity index (χ1n) is 8.12. The maximum absolute atomic E-state index is 15.0. The topological polar surface area (TPSA) is 45.2 Å². The molecular weight excluding hydrogens is 350 g/mol. The molecule has 1 N–H and O–H groups in total. The van der Waals surface area contributed by atoms with E-state index in [4.69, 9.17) is 0 Å². The molecule has 0 unspecified atom stereocenters. The van der Waals surface area contributed by atoms with Gasteiger partial charge in [-0.1, -0.05) is 6.07 Å². The zero-order valence-corrected chi connectivity index (χ0v) is 13.8. The third-order valence-corrected chi connectivity index (χ3v) is 4.43. The van der Waals surface area contributed by atoms with Crippen LogP contribution in [0.15, 0.2) is 48.7 Å². The van der Waals surface area contributed by atoms with Gasteiger partial charge >= 0.3 is 12.2 Å². The van der Waals surface area contributed by atoms with Gasteiger partial charge in [0.25, 0.3) is 0 Å². The molecule has 1 aromatic carbocycles. The van der Waals surface area contributed by atoms with Gasteiger partial charge in [-0.25, -0.2) is 9.18 Å². The first kappa shape index (κ1) is 18.2. The number of nitrogens with one attached hydrogen (secondary N) is 1.